The van der Waals surface area contributed by atoms with E-state index in [4.69, 9.17) is 5.73 Å². The van der Waals surface area contributed by atoms with Crippen molar-refractivity contribution in [2.75, 3.05) is 44.7 Å². The van der Waals surface area contributed by atoms with E-state index >= 15 is 0 Å². The second-order valence-corrected chi connectivity index (χ2v) is 6.39. The van der Waals surface area contributed by atoms with E-state index in [1.807, 2.05) is 11.2 Å². The van der Waals surface area contributed by atoms with E-state index < -0.39 is 0 Å². The predicted octanol–water partition coefficient (Wildman–Crippen LogP) is 0.867. The van der Waals surface area contributed by atoms with Gasteiger partial charge in [-0.1, -0.05) is 13.8 Å². The van der Waals surface area contributed by atoms with Crippen molar-refractivity contribution in [2.24, 2.45) is 11.7 Å². The Morgan fingerprint density at radius 2 is 1.89 bits per heavy atom. The molecule has 18 heavy (non-hydrogen) atoms. The van der Waals surface area contributed by atoms with E-state index in [2.05, 4.69) is 18.7 Å². The van der Waals surface area contributed by atoms with Crippen LogP contribution in [0.2, 0.25) is 0 Å². The van der Waals surface area contributed by atoms with Gasteiger partial charge in [-0.3, -0.25) is 9.69 Å². The molecule has 0 aromatic carbocycles. The highest BCUT2D eigenvalue weighted by Crippen LogP contribution is 2.08. The molecule has 0 aromatic heterocycles. The molecule has 1 heterocycles. The van der Waals surface area contributed by atoms with Gasteiger partial charge in [0.2, 0.25) is 5.91 Å². The topological polar surface area (TPSA) is 49.6 Å². The third-order valence-electron chi connectivity index (χ3n) is 3.26. The maximum Gasteiger partial charge on any atom is 0.239 e. The first-order valence-corrected chi connectivity index (χ1v) is 8.19. The molecule has 0 spiro atoms. The van der Waals surface area contributed by atoms with Crippen molar-refractivity contribution in [2.45, 2.75) is 26.3 Å². The molecule has 0 saturated carbocycles. The molecule has 106 valence electrons. The van der Waals surface area contributed by atoms with Crippen LogP contribution < -0.4 is 5.73 Å². The number of thioether (sulfide) groups is 1. The molecule has 1 aliphatic heterocycles. The van der Waals surface area contributed by atoms with Crippen LogP contribution in [0.4, 0.5) is 0 Å². The molecule has 1 atom stereocenters. The van der Waals surface area contributed by atoms with E-state index in [9.17, 15) is 4.79 Å². The Morgan fingerprint density at radius 1 is 1.28 bits per heavy atom. The van der Waals surface area contributed by atoms with E-state index in [0.29, 0.717) is 5.92 Å². The van der Waals surface area contributed by atoms with Crippen LogP contribution in [0.25, 0.3) is 0 Å². The molecule has 0 aliphatic carbocycles. The zero-order valence-electron chi connectivity index (χ0n) is 11.9. The van der Waals surface area contributed by atoms with E-state index in [1.54, 1.807) is 11.8 Å². The standard InChI is InChI=1S/C13H27N3OS/c1-11(2)10-15-5-7-16(8-6-15)13(17)12(14)4-9-18-3/h11-12H,4-10,14H2,1-3H3/t12-/m1/s1. The lowest BCUT2D eigenvalue weighted by molar-refractivity contribution is -0.134. The summed E-state index contributed by atoms with van der Waals surface area (Å²) in [7, 11) is 0. The highest BCUT2D eigenvalue weighted by Gasteiger charge is 2.24. The quantitative estimate of drug-likeness (QED) is 0.780. The zero-order chi connectivity index (χ0) is 13.5. The van der Waals surface area contributed by atoms with Crippen LogP contribution in [0.5, 0.6) is 0 Å². The number of carbonyl (C=O) groups is 1. The van der Waals surface area contributed by atoms with E-state index in [0.717, 1.165) is 44.9 Å². The Morgan fingerprint density at radius 3 is 2.39 bits per heavy atom. The van der Waals surface area contributed by atoms with E-state index in [1.165, 1.54) is 0 Å². The minimum absolute atomic E-state index is 0.133. The van der Waals surface area contributed by atoms with E-state index in [-0.39, 0.29) is 11.9 Å². The molecule has 1 aliphatic rings. The van der Waals surface area contributed by atoms with Crippen LogP contribution in [-0.2, 0) is 4.79 Å². The number of amides is 1. The van der Waals surface area contributed by atoms with Gasteiger partial charge in [-0.05, 0) is 24.3 Å². The summed E-state index contributed by atoms with van der Waals surface area (Å²) in [4.78, 5) is 16.5. The molecule has 1 saturated heterocycles. The van der Waals surface area contributed by atoms with Gasteiger partial charge in [0.05, 0.1) is 6.04 Å². The molecule has 1 fully saturated rings. The van der Waals surface area contributed by atoms with Gasteiger partial charge in [0, 0.05) is 32.7 Å². The number of hydrogen-bond donors (Lipinski definition) is 1. The monoisotopic (exact) mass is 273 g/mol. The van der Waals surface area contributed by atoms with Crippen molar-refractivity contribution < 1.29 is 4.79 Å². The summed E-state index contributed by atoms with van der Waals surface area (Å²) in [5.74, 6) is 1.78. The Kier molecular flexibility index (Phi) is 7.04. The average molecular weight is 273 g/mol. The summed E-state index contributed by atoms with van der Waals surface area (Å²) in [6.07, 6.45) is 2.83. The Balaban J connectivity index is 2.31. The highest BCUT2D eigenvalue weighted by atomic mass is 32.2. The number of rotatable bonds is 6. The number of piperazine rings is 1. The molecule has 0 radical (unpaired) electrons. The normalized spacial score (nSPS) is 19.3. The number of nitrogens with two attached hydrogens (primary N) is 1. The lowest BCUT2D eigenvalue weighted by Crippen LogP contribution is -2.53. The second-order valence-electron chi connectivity index (χ2n) is 5.41. The van der Waals surface area contributed by atoms with Crippen LogP contribution in [0.3, 0.4) is 0 Å². The molecule has 2 N–H and O–H groups in total. The van der Waals surface area contributed by atoms with Crippen LogP contribution >= 0.6 is 11.8 Å². The SMILES string of the molecule is CSCC[C@@H](N)C(=O)N1CCN(CC(C)C)CC1. The van der Waals surface area contributed by atoms with Crippen LogP contribution in [0.15, 0.2) is 0 Å². The van der Waals surface area contributed by atoms with Crippen molar-refractivity contribution in [3.8, 4) is 0 Å². The van der Waals surface area contributed by atoms with Gasteiger partial charge in [0.25, 0.3) is 0 Å². The summed E-state index contributed by atoms with van der Waals surface area (Å²) < 4.78 is 0. The van der Waals surface area contributed by atoms with Gasteiger partial charge in [-0.15, -0.1) is 0 Å². The molecule has 0 unspecified atom stereocenters. The fraction of sp³-hybridized carbons (Fsp3) is 0.923. The van der Waals surface area contributed by atoms with Gasteiger partial charge in [0.1, 0.15) is 0 Å². The molecule has 4 nitrogen and oxygen atoms in total. The van der Waals surface area contributed by atoms with Crippen molar-refractivity contribution in [3.63, 3.8) is 0 Å². The summed E-state index contributed by atoms with van der Waals surface area (Å²) in [5, 5.41) is 0. The summed E-state index contributed by atoms with van der Waals surface area (Å²) in [6, 6.07) is -0.311. The lowest BCUT2D eigenvalue weighted by Gasteiger charge is -2.36. The van der Waals surface area contributed by atoms with Gasteiger partial charge >= 0.3 is 0 Å². The van der Waals surface area contributed by atoms with Crippen LogP contribution in [-0.4, -0.2) is 66.5 Å². The summed E-state index contributed by atoms with van der Waals surface area (Å²) >= 11 is 1.74. The van der Waals surface area contributed by atoms with Gasteiger partial charge in [-0.25, -0.2) is 0 Å². The minimum atomic E-state index is -0.311. The van der Waals surface area contributed by atoms with Crippen molar-refractivity contribution in [1.82, 2.24) is 9.80 Å². The van der Waals surface area contributed by atoms with Gasteiger partial charge < -0.3 is 10.6 Å². The first-order chi connectivity index (χ1) is 8.54. The molecule has 0 aromatic rings. The third kappa shape index (κ3) is 5.16. The Bertz CT molecular complexity index is 253. The smallest absolute Gasteiger partial charge is 0.239 e. The molecule has 1 rings (SSSR count). The number of hydrogen-bond acceptors (Lipinski definition) is 4. The van der Waals surface area contributed by atoms with Crippen molar-refractivity contribution in [3.05, 3.63) is 0 Å². The fourth-order valence-electron chi connectivity index (χ4n) is 2.27. The maximum atomic E-state index is 12.1. The number of nitrogens with zero attached hydrogens (tertiary/aromatic N) is 2. The minimum Gasteiger partial charge on any atom is -0.339 e. The predicted molar refractivity (Wildman–Crippen MR) is 78.8 cm³/mol. The van der Waals surface area contributed by atoms with Crippen molar-refractivity contribution in [1.29, 1.82) is 0 Å². The first kappa shape index (κ1) is 15.8. The molecule has 0 bridgehead atoms. The zero-order valence-corrected chi connectivity index (χ0v) is 12.7. The summed E-state index contributed by atoms with van der Waals surface area (Å²) in [5.41, 5.74) is 5.93. The van der Waals surface area contributed by atoms with Crippen molar-refractivity contribution >= 4 is 17.7 Å². The van der Waals surface area contributed by atoms with Crippen LogP contribution in [0.1, 0.15) is 20.3 Å². The first-order valence-electron chi connectivity index (χ1n) is 6.80. The largest absolute Gasteiger partial charge is 0.339 e. The Labute approximate surface area is 115 Å². The van der Waals surface area contributed by atoms with Gasteiger partial charge in [0.15, 0.2) is 0 Å². The fourth-order valence-corrected chi connectivity index (χ4v) is 2.76. The average Bonchev–Trinajstić information content (AvgIpc) is 2.35. The third-order valence-corrected chi connectivity index (χ3v) is 3.90. The summed E-state index contributed by atoms with van der Waals surface area (Å²) in [6.45, 7) is 9.22. The number of carbonyl (C=O) groups excluding carboxylic acids is 1. The molecule has 5 heteroatoms. The Hall–Kier alpha value is -0.260. The van der Waals surface area contributed by atoms with Gasteiger partial charge in [-0.2, -0.15) is 11.8 Å². The highest BCUT2D eigenvalue weighted by molar-refractivity contribution is 7.98. The molecular weight excluding hydrogens is 246 g/mol. The molecular formula is C13H27N3OS. The van der Waals surface area contributed by atoms with Crippen LogP contribution in [0, 0.1) is 5.92 Å². The lowest BCUT2D eigenvalue weighted by atomic mass is 10.1. The maximum absolute atomic E-state index is 12.1. The molecule has 1 amide bonds. The second kappa shape index (κ2) is 8.02.